The Kier molecular flexibility index (Phi) is 9.67. The molecule has 1 N–H and O–H groups in total. The first-order valence-corrected chi connectivity index (χ1v) is 8.42. The molecule has 0 spiro atoms. The maximum absolute atomic E-state index is 5.85. The molecule has 0 radical (unpaired) electrons. The van der Waals surface area contributed by atoms with Crippen LogP contribution in [0.5, 0.6) is 11.5 Å². The molecule has 22 heavy (non-hydrogen) atoms. The van der Waals surface area contributed by atoms with Crippen LogP contribution in [-0.4, -0.2) is 51.3 Å². The Balaban J connectivity index is 2.37. The quantitative estimate of drug-likeness (QED) is 0.602. The van der Waals surface area contributed by atoms with Gasteiger partial charge in [0.1, 0.15) is 24.7 Å². The summed E-state index contributed by atoms with van der Waals surface area (Å²) < 4.78 is 11.6. The lowest BCUT2D eigenvalue weighted by Crippen LogP contribution is -2.25. The minimum Gasteiger partial charge on any atom is -0.492 e. The molecule has 0 saturated carbocycles. The molecule has 0 saturated heterocycles. The van der Waals surface area contributed by atoms with E-state index in [1.54, 1.807) is 0 Å². The number of hydrogen-bond donors (Lipinski definition) is 1. The van der Waals surface area contributed by atoms with Gasteiger partial charge in [0.2, 0.25) is 0 Å². The zero-order chi connectivity index (χ0) is 16.2. The number of benzene rings is 1. The van der Waals surface area contributed by atoms with Crippen LogP contribution in [0.1, 0.15) is 32.3 Å². The number of hydrogen-bond acceptors (Lipinski definition) is 4. The molecule has 0 aliphatic carbocycles. The molecule has 4 heteroatoms. The van der Waals surface area contributed by atoms with Crippen molar-refractivity contribution in [3.63, 3.8) is 0 Å². The molecule has 126 valence electrons. The predicted molar refractivity (Wildman–Crippen MR) is 93.1 cm³/mol. The van der Waals surface area contributed by atoms with Gasteiger partial charge in [-0.15, -0.1) is 0 Å². The summed E-state index contributed by atoms with van der Waals surface area (Å²) in [7, 11) is 2.13. The standard InChI is InChI=1S/C18H32N2O2/c1-5-7-19-8-11-21-17-13-16(3)14-18(15-17)22-12-10-20(4)9-6-2/h13-15,19H,5-12H2,1-4H3. The Morgan fingerprint density at radius 3 is 2.23 bits per heavy atom. The highest BCUT2D eigenvalue weighted by Crippen LogP contribution is 2.22. The summed E-state index contributed by atoms with van der Waals surface area (Å²) in [5.74, 6) is 1.77. The molecule has 1 aromatic rings. The predicted octanol–water partition coefficient (Wildman–Crippen LogP) is 3.09. The molecule has 0 aliphatic heterocycles. The highest BCUT2D eigenvalue weighted by Gasteiger charge is 2.02. The molecule has 0 unspecified atom stereocenters. The first kappa shape index (κ1) is 18.8. The van der Waals surface area contributed by atoms with Gasteiger partial charge < -0.3 is 19.7 Å². The summed E-state index contributed by atoms with van der Waals surface area (Å²) in [6.45, 7) is 11.8. The Labute approximate surface area is 135 Å². The molecule has 0 bridgehead atoms. The summed E-state index contributed by atoms with van der Waals surface area (Å²) in [6.07, 6.45) is 2.32. The van der Waals surface area contributed by atoms with Crippen LogP contribution in [0.2, 0.25) is 0 Å². The molecule has 0 amide bonds. The van der Waals surface area contributed by atoms with E-state index < -0.39 is 0 Å². The molecule has 0 heterocycles. The van der Waals surface area contributed by atoms with Crippen LogP contribution in [0.15, 0.2) is 18.2 Å². The van der Waals surface area contributed by atoms with Crippen LogP contribution in [0.25, 0.3) is 0 Å². The average molecular weight is 308 g/mol. The van der Waals surface area contributed by atoms with Gasteiger partial charge in [-0.1, -0.05) is 13.8 Å². The minimum absolute atomic E-state index is 0.683. The molecular formula is C18H32N2O2. The van der Waals surface area contributed by atoms with Crippen molar-refractivity contribution in [3.8, 4) is 11.5 Å². The van der Waals surface area contributed by atoms with Gasteiger partial charge >= 0.3 is 0 Å². The fourth-order valence-electron chi connectivity index (χ4n) is 2.24. The van der Waals surface area contributed by atoms with Crippen LogP contribution >= 0.6 is 0 Å². The van der Waals surface area contributed by atoms with Crippen molar-refractivity contribution >= 4 is 0 Å². The number of likely N-dealkylation sites (N-methyl/N-ethyl adjacent to an activating group) is 1. The summed E-state index contributed by atoms with van der Waals surface area (Å²) in [5, 5.41) is 3.33. The smallest absolute Gasteiger partial charge is 0.123 e. The van der Waals surface area contributed by atoms with Crippen LogP contribution < -0.4 is 14.8 Å². The molecule has 1 aromatic carbocycles. The van der Waals surface area contributed by atoms with Crippen molar-refractivity contribution in [2.45, 2.75) is 33.6 Å². The highest BCUT2D eigenvalue weighted by atomic mass is 16.5. The summed E-state index contributed by atoms with van der Waals surface area (Å²) >= 11 is 0. The monoisotopic (exact) mass is 308 g/mol. The topological polar surface area (TPSA) is 33.7 Å². The van der Waals surface area contributed by atoms with E-state index in [0.29, 0.717) is 13.2 Å². The summed E-state index contributed by atoms with van der Waals surface area (Å²) in [5.41, 5.74) is 1.16. The van der Waals surface area contributed by atoms with Gasteiger partial charge in [-0.25, -0.2) is 0 Å². The van der Waals surface area contributed by atoms with Crippen molar-refractivity contribution in [1.82, 2.24) is 10.2 Å². The van der Waals surface area contributed by atoms with Crippen LogP contribution in [0, 0.1) is 6.92 Å². The van der Waals surface area contributed by atoms with Crippen molar-refractivity contribution in [2.75, 3.05) is 46.4 Å². The second-order valence-electron chi connectivity index (χ2n) is 5.73. The minimum atomic E-state index is 0.683. The lowest BCUT2D eigenvalue weighted by molar-refractivity contribution is 0.236. The van der Waals surface area contributed by atoms with Crippen molar-refractivity contribution in [2.24, 2.45) is 0 Å². The first-order valence-electron chi connectivity index (χ1n) is 8.42. The number of nitrogens with zero attached hydrogens (tertiary/aromatic N) is 1. The van der Waals surface area contributed by atoms with Gasteiger partial charge in [0.05, 0.1) is 0 Å². The van der Waals surface area contributed by atoms with Gasteiger partial charge in [0.25, 0.3) is 0 Å². The van der Waals surface area contributed by atoms with E-state index in [1.165, 1.54) is 6.42 Å². The van der Waals surface area contributed by atoms with Crippen molar-refractivity contribution in [3.05, 3.63) is 23.8 Å². The molecule has 0 aromatic heterocycles. The zero-order valence-electron chi connectivity index (χ0n) is 14.7. The third-order valence-corrected chi connectivity index (χ3v) is 3.35. The maximum Gasteiger partial charge on any atom is 0.123 e. The summed E-state index contributed by atoms with van der Waals surface area (Å²) in [4.78, 5) is 2.28. The normalized spacial score (nSPS) is 11.0. The Hall–Kier alpha value is -1.26. The van der Waals surface area contributed by atoms with E-state index in [1.807, 2.05) is 6.07 Å². The Morgan fingerprint density at radius 2 is 1.59 bits per heavy atom. The van der Waals surface area contributed by atoms with Crippen LogP contribution in [-0.2, 0) is 0 Å². The summed E-state index contributed by atoms with van der Waals surface area (Å²) in [6, 6.07) is 6.09. The molecular weight excluding hydrogens is 276 g/mol. The highest BCUT2D eigenvalue weighted by molar-refractivity contribution is 5.37. The fourth-order valence-corrected chi connectivity index (χ4v) is 2.24. The van der Waals surface area contributed by atoms with E-state index >= 15 is 0 Å². The van der Waals surface area contributed by atoms with E-state index in [9.17, 15) is 0 Å². The van der Waals surface area contributed by atoms with Crippen molar-refractivity contribution < 1.29 is 9.47 Å². The molecule has 0 aliphatic rings. The molecule has 4 nitrogen and oxygen atoms in total. The average Bonchev–Trinajstić information content (AvgIpc) is 2.47. The third-order valence-electron chi connectivity index (χ3n) is 3.35. The van der Waals surface area contributed by atoms with E-state index in [-0.39, 0.29) is 0 Å². The largest absolute Gasteiger partial charge is 0.492 e. The Bertz CT molecular complexity index is 410. The van der Waals surface area contributed by atoms with Gasteiger partial charge in [-0.05, 0) is 57.6 Å². The van der Waals surface area contributed by atoms with E-state index in [0.717, 1.165) is 49.7 Å². The first-order chi connectivity index (χ1) is 10.7. The van der Waals surface area contributed by atoms with Gasteiger partial charge in [-0.2, -0.15) is 0 Å². The maximum atomic E-state index is 5.85. The zero-order valence-corrected chi connectivity index (χ0v) is 14.7. The van der Waals surface area contributed by atoms with Gasteiger partial charge in [-0.3, -0.25) is 0 Å². The van der Waals surface area contributed by atoms with Gasteiger partial charge in [0, 0.05) is 19.2 Å². The third kappa shape index (κ3) is 8.25. The second kappa shape index (κ2) is 11.3. The molecule has 0 atom stereocenters. The lowest BCUT2D eigenvalue weighted by Gasteiger charge is -2.16. The Morgan fingerprint density at radius 1 is 0.909 bits per heavy atom. The number of rotatable bonds is 12. The van der Waals surface area contributed by atoms with E-state index in [4.69, 9.17) is 9.47 Å². The van der Waals surface area contributed by atoms with Crippen LogP contribution in [0.3, 0.4) is 0 Å². The van der Waals surface area contributed by atoms with E-state index in [2.05, 4.69) is 50.2 Å². The number of ether oxygens (including phenoxy) is 2. The number of nitrogens with one attached hydrogen (secondary N) is 1. The van der Waals surface area contributed by atoms with Crippen molar-refractivity contribution in [1.29, 1.82) is 0 Å². The lowest BCUT2D eigenvalue weighted by atomic mass is 10.2. The molecule has 0 fully saturated rings. The van der Waals surface area contributed by atoms with Gasteiger partial charge in [0.15, 0.2) is 0 Å². The second-order valence-corrected chi connectivity index (χ2v) is 5.73. The fraction of sp³-hybridized carbons (Fsp3) is 0.667. The SMILES string of the molecule is CCCNCCOc1cc(C)cc(OCCN(C)CCC)c1. The van der Waals surface area contributed by atoms with Crippen LogP contribution in [0.4, 0.5) is 0 Å². The molecule has 1 rings (SSSR count). The number of aryl methyl sites for hydroxylation is 1.